The molecule has 1 N–H and O–H groups in total. The van der Waals surface area contributed by atoms with Gasteiger partial charge in [-0.1, -0.05) is 6.92 Å². The smallest absolute Gasteiger partial charge is 0.0628 e. The molecule has 80 valence electrons. The first-order chi connectivity index (χ1) is 6.56. The summed E-state index contributed by atoms with van der Waals surface area (Å²) in [5, 5.41) is 7.83. The molecule has 1 rings (SSSR count). The lowest BCUT2D eigenvalue weighted by Gasteiger charge is -2.12. The van der Waals surface area contributed by atoms with Crippen molar-refractivity contribution in [3.8, 4) is 0 Å². The fraction of sp³-hybridized carbons (Fsp3) is 0.727. The summed E-state index contributed by atoms with van der Waals surface area (Å²) in [6.07, 6.45) is 1.07. The fourth-order valence-electron chi connectivity index (χ4n) is 1.84. The van der Waals surface area contributed by atoms with Gasteiger partial charge >= 0.3 is 0 Å². The molecule has 0 spiro atoms. The van der Waals surface area contributed by atoms with E-state index >= 15 is 0 Å². The van der Waals surface area contributed by atoms with Crippen molar-refractivity contribution in [2.75, 3.05) is 6.54 Å². The van der Waals surface area contributed by atoms with Crippen LogP contribution in [0.25, 0.3) is 0 Å². The molecule has 0 amide bonds. The lowest BCUT2D eigenvalue weighted by molar-refractivity contribution is 0.562. The number of rotatable bonds is 4. The predicted molar refractivity (Wildman–Crippen MR) is 59.5 cm³/mol. The first-order valence-electron chi connectivity index (χ1n) is 5.28. The van der Waals surface area contributed by atoms with Gasteiger partial charge in [-0.2, -0.15) is 5.10 Å². The van der Waals surface area contributed by atoms with Crippen LogP contribution in [0.2, 0.25) is 0 Å². The lowest BCUT2D eigenvalue weighted by Crippen LogP contribution is -2.27. The lowest BCUT2D eigenvalue weighted by atomic mass is 10.1. The molecular weight excluding hydrogens is 174 g/mol. The SMILES string of the molecule is CCNC(C)Cc1c(C)nn(C)c1C. The first-order valence-corrected chi connectivity index (χ1v) is 5.28. The zero-order valence-electron chi connectivity index (χ0n) is 9.89. The van der Waals surface area contributed by atoms with Crippen molar-refractivity contribution in [2.45, 2.75) is 40.2 Å². The topological polar surface area (TPSA) is 29.9 Å². The van der Waals surface area contributed by atoms with Gasteiger partial charge in [0.2, 0.25) is 0 Å². The number of aryl methyl sites for hydroxylation is 2. The van der Waals surface area contributed by atoms with Crippen molar-refractivity contribution in [1.82, 2.24) is 15.1 Å². The number of nitrogens with one attached hydrogen (secondary N) is 1. The van der Waals surface area contributed by atoms with Crippen molar-refractivity contribution in [3.63, 3.8) is 0 Å². The van der Waals surface area contributed by atoms with E-state index in [9.17, 15) is 0 Å². The highest BCUT2D eigenvalue weighted by Gasteiger charge is 2.11. The molecule has 0 saturated carbocycles. The van der Waals surface area contributed by atoms with Gasteiger partial charge in [-0.25, -0.2) is 0 Å². The van der Waals surface area contributed by atoms with E-state index < -0.39 is 0 Å². The standard InChI is InChI=1S/C11H21N3/c1-6-12-8(2)7-11-9(3)13-14(5)10(11)4/h8,12H,6-7H2,1-5H3. The molecule has 0 aliphatic rings. The Bertz CT molecular complexity index is 302. The van der Waals surface area contributed by atoms with E-state index in [1.807, 2.05) is 11.7 Å². The summed E-state index contributed by atoms with van der Waals surface area (Å²) in [6, 6.07) is 0.529. The van der Waals surface area contributed by atoms with Gasteiger partial charge in [-0.15, -0.1) is 0 Å². The van der Waals surface area contributed by atoms with Crippen LogP contribution in [0.5, 0.6) is 0 Å². The third-order valence-electron chi connectivity index (χ3n) is 2.72. The van der Waals surface area contributed by atoms with Gasteiger partial charge in [-0.05, 0) is 39.3 Å². The highest BCUT2D eigenvalue weighted by molar-refractivity contribution is 5.25. The Morgan fingerprint density at radius 1 is 1.43 bits per heavy atom. The summed E-state index contributed by atoms with van der Waals surface area (Å²) in [5.41, 5.74) is 3.84. The maximum absolute atomic E-state index is 4.41. The third-order valence-corrected chi connectivity index (χ3v) is 2.72. The van der Waals surface area contributed by atoms with E-state index in [0.717, 1.165) is 18.7 Å². The second-order valence-electron chi connectivity index (χ2n) is 3.94. The summed E-state index contributed by atoms with van der Waals surface area (Å²) in [4.78, 5) is 0. The van der Waals surface area contributed by atoms with Crippen LogP contribution in [0.3, 0.4) is 0 Å². The molecule has 0 bridgehead atoms. The molecule has 0 fully saturated rings. The molecule has 3 heteroatoms. The highest BCUT2D eigenvalue weighted by atomic mass is 15.3. The van der Waals surface area contributed by atoms with Gasteiger partial charge in [0.15, 0.2) is 0 Å². The van der Waals surface area contributed by atoms with Crippen LogP contribution in [0.15, 0.2) is 0 Å². The summed E-state index contributed by atoms with van der Waals surface area (Å²) in [7, 11) is 2.00. The van der Waals surface area contributed by atoms with Crippen LogP contribution in [-0.4, -0.2) is 22.4 Å². The van der Waals surface area contributed by atoms with E-state index in [0.29, 0.717) is 6.04 Å². The summed E-state index contributed by atoms with van der Waals surface area (Å²) in [5.74, 6) is 0. The van der Waals surface area contributed by atoms with E-state index in [2.05, 4.69) is 38.1 Å². The first kappa shape index (κ1) is 11.2. The monoisotopic (exact) mass is 195 g/mol. The van der Waals surface area contributed by atoms with Crippen LogP contribution in [-0.2, 0) is 13.5 Å². The Morgan fingerprint density at radius 2 is 2.07 bits per heavy atom. The Morgan fingerprint density at radius 3 is 2.50 bits per heavy atom. The predicted octanol–water partition coefficient (Wildman–Crippen LogP) is 1.58. The molecule has 1 heterocycles. The maximum Gasteiger partial charge on any atom is 0.0628 e. The molecule has 0 aliphatic heterocycles. The number of aromatic nitrogens is 2. The van der Waals surface area contributed by atoms with Gasteiger partial charge < -0.3 is 5.32 Å². The number of hydrogen-bond acceptors (Lipinski definition) is 2. The number of likely N-dealkylation sites (N-methyl/N-ethyl adjacent to an activating group) is 1. The molecule has 0 aliphatic carbocycles. The van der Waals surface area contributed by atoms with Crippen molar-refractivity contribution in [1.29, 1.82) is 0 Å². The average Bonchev–Trinajstić information content (AvgIpc) is 2.33. The zero-order valence-corrected chi connectivity index (χ0v) is 9.89. The number of nitrogens with zero attached hydrogens (tertiary/aromatic N) is 2. The van der Waals surface area contributed by atoms with Gasteiger partial charge in [0.25, 0.3) is 0 Å². The molecule has 0 aromatic carbocycles. The zero-order chi connectivity index (χ0) is 10.7. The van der Waals surface area contributed by atoms with Gasteiger partial charge in [0, 0.05) is 18.8 Å². The van der Waals surface area contributed by atoms with E-state index in [1.54, 1.807) is 0 Å². The van der Waals surface area contributed by atoms with E-state index in [-0.39, 0.29) is 0 Å². The van der Waals surface area contributed by atoms with Crippen molar-refractivity contribution in [3.05, 3.63) is 17.0 Å². The molecule has 0 saturated heterocycles. The van der Waals surface area contributed by atoms with Crippen LogP contribution < -0.4 is 5.32 Å². The average molecular weight is 195 g/mol. The normalized spacial score (nSPS) is 13.2. The van der Waals surface area contributed by atoms with E-state index in [4.69, 9.17) is 0 Å². The second-order valence-corrected chi connectivity index (χ2v) is 3.94. The fourth-order valence-corrected chi connectivity index (χ4v) is 1.84. The summed E-state index contributed by atoms with van der Waals surface area (Å²) < 4.78 is 1.96. The molecule has 14 heavy (non-hydrogen) atoms. The van der Waals surface area contributed by atoms with Crippen LogP contribution in [0.4, 0.5) is 0 Å². The molecule has 1 aromatic rings. The third kappa shape index (κ3) is 2.35. The Hall–Kier alpha value is -0.830. The molecule has 1 unspecified atom stereocenters. The molecule has 1 atom stereocenters. The second kappa shape index (κ2) is 4.60. The Balaban J connectivity index is 2.75. The highest BCUT2D eigenvalue weighted by Crippen LogP contribution is 2.13. The van der Waals surface area contributed by atoms with Gasteiger partial charge in [0.05, 0.1) is 5.69 Å². The van der Waals surface area contributed by atoms with Crippen LogP contribution in [0.1, 0.15) is 30.8 Å². The summed E-state index contributed by atoms with van der Waals surface area (Å²) in [6.45, 7) is 9.60. The number of hydrogen-bond donors (Lipinski definition) is 1. The maximum atomic E-state index is 4.41. The molecule has 3 nitrogen and oxygen atoms in total. The largest absolute Gasteiger partial charge is 0.314 e. The van der Waals surface area contributed by atoms with Crippen molar-refractivity contribution >= 4 is 0 Å². The quantitative estimate of drug-likeness (QED) is 0.790. The van der Waals surface area contributed by atoms with Crippen LogP contribution in [0, 0.1) is 13.8 Å². The van der Waals surface area contributed by atoms with E-state index in [1.165, 1.54) is 11.3 Å². The molecular formula is C11H21N3. The van der Waals surface area contributed by atoms with Gasteiger partial charge in [0.1, 0.15) is 0 Å². The minimum absolute atomic E-state index is 0.529. The molecule has 0 radical (unpaired) electrons. The van der Waals surface area contributed by atoms with Crippen molar-refractivity contribution in [2.24, 2.45) is 7.05 Å². The van der Waals surface area contributed by atoms with Crippen molar-refractivity contribution < 1.29 is 0 Å². The summed E-state index contributed by atoms with van der Waals surface area (Å²) >= 11 is 0. The van der Waals surface area contributed by atoms with Gasteiger partial charge in [-0.3, -0.25) is 4.68 Å². The molecule has 1 aromatic heterocycles. The minimum Gasteiger partial charge on any atom is -0.314 e. The Kier molecular flexibility index (Phi) is 3.69. The Labute approximate surface area is 86.5 Å². The minimum atomic E-state index is 0.529. The van der Waals surface area contributed by atoms with Crippen LogP contribution >= 0.6 is 0 Å².